The van der Waals surface area contributed by atoms with Crippen molar-refractivity contribution in [2.75, 3.05) is 25.1 Å². The standard InChI is InChI=1S/C18H16Cl2N2O4/c19-12-2-4-13(5-3-12)22-16(23)10-21-18(24)11-8-14(20)17-15(9-11)25-6-1-7-26-17/h2-5,8-9H,1,6-7,10H2,(H,21,24)(H,22,23). The van der Waals surface area contributed by atoms with Crippen LogP contribution in [0, 0.1) is 0 Å². The molecule has 0 atom stereocenters. The molecule has 26 heavy (non-hydrogen) atoms. The monoisotopic (exact) mass is 394 g/mol. The molecule has 0 spiro atoms. The second-order valence-electron chi connectivity index (χ2n) is 5.57. The largest absolute Gasteiger partial charge is 0.489 e. The van der Waals surface area contributed by atoms with E-state index >= 15 is 0 Å². The van der Waals surface area contributed by atoms with Gasteiger partial charge in [0.25, 0.3) is 5.91 Å². The molecule has 6 nitrogen and oxygen atoms in total. The summed E-state index contributed by atoms with van der Waals surface area (Å²) in [5.74, 6) is 0.0573. The molecule has 136 valence electrons. The highest BCUT2D eigenvalue weighted by Crippen LogP contribution is 2.37. The van der Waals surface area contributed by atoms with Crippen LogP contribution in [0.4, 0.5) is 5.69 Å². The topological polar surface area (TPSA) is 76.7 Å². The number of carbonyl (C=O) groups excluding carboxylic acids is 2. The van der Waals surface area contributed by atoms with Gasteiger partial charge in [0.05, 0.1) is 24.8 Å². The molecule has 0 saturated carbocycles. The van der Waals surface area contributed by atoms with E-state index in [9.17, 15) is 9.59 Å². The van der Waals surface area contributed by atoms with Gasteiger partial charge in [-0.1, -0.05) is 23.2 Å². The third-order valence-electron chi connectivity index (χ3n) is 3.60. The van der Waals surface area contributed by atoms with E-state index in [-0.39, 0.29) is 12.5 Å². The highest BCUT2D eigenvalue weighted by atomic mass is 35.5. The van der Waals surface area contributed by atoms with Gasteiger partial charge in [-0.15, -0.1) is 0 Å². The van der Waals surface area contributed by atoms with Crippen molar-refractivity contribution in [1.29, 1.82) is 0 Å². The van der Waals surface area contributed by atoms with Crippen molar-refractivity contribution < 1.29 is 19.1 Å². The molecular weight excluding hydrogens is 379 g/mol. The maximum Gasteiger partial charge on any atom is 0.251 e. The first kappa shape index (κ1) is 18.4. The lowest BCUT2D eigenvalue weighted by Crippen LogP contribution is -2.32. The molecule has 8 heteroatoms. The van der Waals surface area contributed by atoms with E-state index in [1.807, 2.05) is 0 Å². The summed E-state index contributed by atoms with van der Waals surface area (Å²) >= 11 is 12.0. The Bertz CT molecular complexity index is 825. The van der Waals surface area contributed by atoms with Gasteiger partial charge in [-0.2, -0.15) is 0 Å². The summed E-state index contributed by atoms with van der Waals surface area (Å²) in [6, 6.07) is 9.71. The van der Waals surface area contributed by atoms with Crippen molar-refractivity contribution in [1.82, 2.24) is 5.32 Å². The van der Waals surface area contributed by atoms with Gasteiger partial charge in [0.15, 0.2) is 11.5 Å². The lowest BCUT2D eigenvalue weighted by Gasteiger charge is -2.12. The first-order valence-electron chi connectivity index (χ1n) is 7.95. The van der Waals surface area contributed by atoms with E-state index in [2.05, 4.69) is 10.6 Å². The third-order valence-corrected chi connectivity index (χ3v) is 4.13. The quantitative estimate of drug-likeness (QED) is 0.831. The van der Waals surface area contributed by atoms with Crippen molar-refractivity contribution >= 4 is 40.7 Å². The second-order valence-corrected chi connectivity index (χ2v) is 6.42. The Morgan fingerprint density at radius 1 is 1.04 bits per heavy atom. The summed E-state index contributed by atoms with van der Waals surface area (Å²) in [5, 5.41) is 6.07. The molecule has 0 aromatic heterocycles. The van der Waals surface area contributed by atoms with E-state index in [1.165, 1.54) is 6.07 Å². The average Bonchev–Trinajstić information content (AvgIpc) is 2.87. The van der Waals surface area contributed by atoms with Crippen LogP contribution in [0.15, 0.2) is 36.4 Å². The van der Waals surface area contributed by atoms with Crippen LogP contribution >= 0.6 is 23.2 Å². The fourth-order valence-electron chi connectivity index (χ4n) is 2.36. The Labute approximate surface area is 160 Å². The maximum absolute atomic E-state index is 12.3. The van der Waals surface area contributed by atoms with Gasteiger partial charge >= 0.3 is 0 Å². The summed E-state index contributed by atoms with van der Waals surface area (Å²) in [6.45, 7) is 0.800. The van der Waals surface area contributed by atoms with Gasteiger partial charge in [-0.05, 0) is 36.4 Å². The van der Waals surface area contributed by atoms with E-state index in [0.717, 1.165) is 6.42 Å². The molecule has 2 N–H and O–H groups in total. The van der Waals surface area contributed by atoms with Gasteiger partial charge < -0.3 is 20.1 Å². The lowest BCUT2D eigenvalue weighted by molar-refractivity contribution is -0.115. The first-order chi connectivity index (χ1) is 12.5. The first-order valence-corrected chi connectivity index (χ1v) is 8.71. The molecule has 0 saturated heterocycles. The van der Waals surface area contributed by atoms with Crippen LogP contribution in [0.1, 0.15) is 16.8 Å². The maximum atomic E-state index is 12.3. The number of benzene rings is 2. The summed E-state index contributed by atoms with van der Waals surface area (Å²) < 4.78 is 11.1. The van der Waals surface area contributed by atoms with Crippen molar-refractivity contribution in [3.05, 3.63) is 52.0 Å². The molecule has 0 unspecified atom stereocenters. The van der Waals surface area contributed by atoms with Crippen LogP contribution in [-0.2, 0) is 4.79 Å². The number of carbonyl (C=O) groups is 2. The van der Waals surface area contributed by atoms with E-state index < -0.39 is 5.91 Å². The number of hydrogen-bond donors (Lipinski definition) is 2. The molecule has 0 bridgehead atoms. The Balaban J connectivity index is 1.61. The number of amides is 2. The number of ether oxygens (including phenoxy) is 2. The van der Waals surface area contributed by atoms with Crippen LogP contribution in [-0.4, -0.2) is 31.6 Å². The molecule has 2 aromatic rings. The number of rotatable bonds is 4. The summed E-state index contributed by atoms with van der Waals surface area (Å²) in [7, 11) is 0. The molecule has 2 aromatic carbocycles. The van der Waals surface area contributed by atoms with Crippen LogP contribution in [0.25, 0.3) is 0 Å². The Hall–Kier alpha value is -2.44. The molecule has 1 aliphatic rings. The Morgan fingerprint density at radius 2 is 1.77 bits per heavy atom. The predicted molar refractivity (Wildman–Crippen MR) is 99.5 cm³/mol. The van der Waals surface area contributed by atoms with Crippen molar-refractivity contribution in [3.63, 3.8) is 0 Å². The Kier molecular flexibility index (Phi) is 5.85. The van der Waals surface area contributed by atoms with Gasteiger partial charge in [-0.3, -0.25) is 9.59 Å². The molecule has 0 aliphatic carbocycles. The van der Waals surface area contributed by atoms with Crippen LogP contribution in [0.2, 0.25) is 10.0 Å². The summed E-state index contributed by atoms with van der Waals surface area (Å²) in [5.41, 5.74) is 0.880. The molecule has 0 fully saturated rings. The van der Waals surface area contributed by atoms with Crippen molar-refractivity contribution in [2.24, 2.45) is 0 Å². The number of anilines is 1. The van der Waals surface area contributed by atoms with Crippen molar-refractivity contribution in [2.45, 2.75) is 6.42 Å². The summed E-state index contributed by atoms with van der Waals surface area (Å²) in [6.07, 6.45) is 0.734. The van der Waals surface area contributed by atoms with Crippen LogP contribution < -0.4 is 20.1 Å². The zero-order valence-electron chi connectivity index (χ0n) is 13.7. The molecule has 1 aliphatic heterocycles. The molecular formula is C18H16Cl2N2O4. The minimum absolute atomic E-state index is 0.187. The fourth-order valence-corrected chi connectivity index (χ4v) is 2.75. The second kappa shape index (κ2) is 8.29. The van der Waals surface area contributed by atoms with E-state index in [0.29, 0.717) is 46.0 Å². The average molecular weight is 395 g/mol. The highest BCUT2D eigenvalue weighted by Gasteiger charge is 2.18. The number of hydrogen-bond acceptors (Lipinski definition) is 4. The third kappa shape index (κ3) is 4.59. The van der Waals surface area contributed by atoms with Gasteiger partial charge in [0.2, 0.25) is 5.91 Å². The minimum Gasteiger partial charge on any atom is -0.489 e. The lowest BCUT2D eigenvalue weighted by atomic mass is 10.2. The van der Waals surface area contributed by atoms with Gasteiger partial charge in [0, 0.05) is 22.7 Å². The molecule has 2 amide bonds. The summed E-state index contributed by atoms with van der Waals surface area (Å²) in [4.78, 5) is 24.3. The van der Waals surface area contributed by atoms with E-state index in [4.69, 9.17) is 32.7 Å². The number of halogens is 2. The predicted octanol–water partition coefficient (Wildman–Crippen LogP) is 3.52. The van der Waals surface area contributed by atoms with Gasteiger partial charge in [-0.25, -0.2) is 0 Å². The fraction of sp³-hybridized carbons (Fsp3) is 0.222. The van der Waals surface area contributed by atoms with Crippen LogP contribution in [0.5, 0.6) is 11.5 Å². The molecule has 1 heterocycles. The number of fused-ring (bicyclic) bond motifs is 1. The smallest absolute Gasteiger partial charge is 0.251 e. The van der Waals surface area contributed by atoms with E-state index in [1.54, 1.807) is 30.3 Å². The molecule has 3 rings (SSSR count). The highest BCUT2D eigenvalue weighted by molar-refractivity contribution is 6.32. The van der Waals surface area contributed by atoms with Crippen molar-refractivity contribution in [3.8, 4) is 11.5 Å². The zero-order valence-corrected chi connectivity index (χ0v) is 15.2. The Morgan fingerprint density at radius 3 is 2.54 bits per heavy atom. The van der Waals surface area contributed by atoms with Crippen LogP contribution in [0.3, 0.4) is 0 Å². The zero-order chi connectivity index (χ0) is 18.5. The molecule has 0 radical (unpaired) electrons. The number of nitrogens with one attached hydrogen (secondary N) is 2. The van der Waals surface area contributed by atoms with Gasteiger partial charge in [0.1, 0.15) is 0 Å². The normalized spacial score (nSPS) is 12.8. The minimum atomic E-state index is -0.436. The SMILES string of the molecule is O=C(CNC(=O)c1cc(Cl)c2c(c1)OCCCO2)Nc1ccc(Cl)cc1.